The van der Waals surface area contributed by atoms with E-state index in [2.05, 4.69) is 37.4 Å². The molecule has 0 atom stereocenters. The third kappa shape index (κ3) is 3.03. The lowest BCUT2D eigenvalue weighted by Gasteiger charge is -2.18. The number of hydrogen-bond donors (Lipinski definition) is 1. The summed E-state index contributed by atoms with van der Waals surface area (Å²) < 4.78 is 12.1. The molecule has 1 aliphatic heterocycles. The molecule has 0 radical (unpaired) electrons. The van der Waals surface area contributed by atoms with Crippen LogP contribution in [-0.2, 0) is 13.0 Å². The third-order valence-corrected chi connectivity index (χ3v) is 3.56. The first-order valence-corrected chi connectivity index (χ1v) is 7.30. The minimum atomic E-state index is -0.157. The molecule has 1 heterocycles. The number of para-hydroxylation sites is 1. The smallest absolute Gasteiger partial charge is 0.169 e. The van der Waals surface area contributed by atoms with Gasteiger partial charge in [0.15, 0.2) is 11.5 Å². The van der Waals surface area contributed by atoms with Gasteiger partial charge in [-0.2, -0.15) is 0 Å². The van der Waals surface area contributed by atoms with Crippen molar-refractivity contribution in [1.82, 2.24) is 5.32 Å². The molecule has 21 heavy (non-hydrogen) atoms. The van der Waals surface area contributed by atoms with E-state index in [9.17, 15) is 0 Å². The highest BCUT2D eigenvalue weighted by atomic mass is 16.5. The van der Waals surface area contributed by atoms with Gasteiger partial charge in [-0.15, -0.1) is 0 Å². The fourth-order valence-corrected chi connectivity index (χ4v) is 2.72. The van der Waals surface area contributed by atoms with Crippen LogP contribution in [0.15, 0.2) is 42.5 Å². The minimum Gasteiger partial charge on any atom is -0.483 e. The third-order valence-electron chi connectivity index (χ3n) is 3.56. The van der Waals surface area contributed by atoms with Gasteiger partial charge in [0.1, 0.15) is 11.4 Å². The largest absolute Gasteiger partial charge is 0.483 e. The zero-order chi connectivity index (χ0) is 14.9. The van der Waals surface area contributed by atoms with Gasteiger partial charge in [-0.25, -0.2) is 0 Å². The Bertz CT molecular complexity index is 649. The van der Waals surface area contributed by atoms with Crippen LogP contribution in [0.1, 0.15) is 25.0 Å². The van der Waals surface area contributed by atoms with Gasteiger partial charge in [0.2, 0.25) is 0 Å². The Hall–Kier alpha value is -2.00. The molecule has 1 N–H and O–H groups in total. The van der Waals surface area contributed by atoms with E-state index in [4.69, 9.17) is 9.47 Å². The summed E-state index contributed by atoms with van der Waals surface area (Å²) in [7, 11) is 1.94. The van der Waals surface area contributed by atoms with E-state index in [0.29, 0.717) is 0 Å². The predicted octanol–water partition coefficient (Wildman–Crippen LogP) is 3.91. The van der Waals surface area contributed by atoms with Crippen molar-refractivity contribution in [3.05, 3.63) is 53.6 Å². The van der Waals surface area contributed by atoms with Crippen molar-refractivity contribution in [3.8, 4) is 17.2 Å². The van der Waals surface area contributed by atoms with Crippen LogP contribution in [-0.4, -0.2) is 12.6 Å². The van der Waals surface area contributed by atoms with Crippen LogP contribution in [0.25, 0.3) is 0 Å². The predicted molar refractivity (Wildman–Crippen MR) is 84.1 cm³/mol. The second-order valence-corrected chi connectivity index (χ2v) is 6.06. The second kappa shape index (κ2) is 5.41. The SMILES string of the molecule is CNCc1cccc(Oc2cccc3c2OC(C)(C)C3)c1. The molecule has 3 heteroatoms. The Morgan fingerprint density at radius 2 is 2.00 bits per heavy atom. The minimum absolute atomic E-state index is 0.157. The molecule has 110 valence electrons. The first-order chi connectivity index (χ1) is 10.1. The second-order valence-electron chi connectivity index (χ2n) is 6.06. The number of ether oxygens (including phenoxy) is 2. The number of nitrogens with one attached hydrogen (secondary N) is 1. The summed E-state index contributed by atoms with van der Waals surface area (Å²) in [6.45, 7) is 5.03. The lowest BCUT2D eigenvalue weighted by atomic mass is 10.0. The van der Waals surface area contributed by atoms with E-state index in [1.807, 2.05) is 31.3 Å². The van der Waals surface area contributed by atoms with Crippen LogP contribution in [0.2, 0.25) is 0 Å². The van der Waals surface area contributed by atoms with Crippen LogP contribution in [0.4, 0.5) is 0 Å². The highest BCUT2D eigenvalue weighted by Gasteiger charge is 2.32. The van der Waals surface area contributed by atoms with E-state index in [1.165, 1.54) is 11.1 Å². The molecular formula is C18H21NO2. The van der Waals surface area contributed by atoms with Crippen LogP contribution in [0.5, 0.6) is 17.2 Å². The fourth-order valence-electron chi connectivity index (χ4n) is 2.72. The zero-order valence-corrected chi connectivity index (χ0v) is 12.8. The summed E-state index contributed by atoms with van der Waals surface area (Å²) in [5.74, 6) is 2.51. The van der Waals surface area contributed by atoms with Gasteiger partial charge >= 0.3 is 0 Å². The van der Waals surface area contributed by atoms with Crippen LogP contribution in [0.3, 0.4) is 0 Å². The van der Waals surface area contributed by atoms with Crippen LogP contribution in [0, 0.1) is 0 Å². The summed E-state index contributed by atoms with van der Waals surface area (Å²) >= 11 is 0. The molecule has 3 rings (SSSR count). The monoisotopic (exact) mass is 283 g/mol. The molecule has 1 aliphatic rings. The molecular weight excluding hydrogens is 262 g/mol. The van der Waals surface area contributed by atoms with E-state index in [1.54, 1.807) is 0 Å². The van der Waals surface area contributed by atoms with Gasteiger partial charge in [-0.05, 0) is 44.7 Å². The number of benzene rings is 2. The molecule has 2 aromatic rings. The van der Waals surface area contributed by atoms with Crippen molar-refractivity contribution in [1.29, 1.82) is 0 Å². The van der Waals surface area contributed by atoms with Crippen molar-refractivity contribution in [3.63, 3.8) is 0 Å². The molecule has 0 unspecified atom stereocenters. The first kappa shape index (κ1) is 14.0. The lowest BCUT2D eigenvalue weighted by Crippen LogP contribution is -2.24. The zero-order valence-electron chi connectivity index (χ0n) is 12.8. The van der Waals surface area contributed by atoms with Gasteiger partial charge in [0, 0.05) is 18.5 Å². The maximum Gasteiger partial charge on any atom is 0.169 e. The van der Waals surface area contributed by atoms with Gasteiger partial charge in [-0.3, -0.25) is 0 Å². The molecule has 0 saturated carbocycles. The maximum absolute atomic E-state index is 6.05. The molecule has 0 aromatic heterocycles. The molecule has 3 nitrogen and oxygen atoms in total. The average Bonchev–Trinajstić information content (AvgIpc) is 2.75. The average molecular weight is 283 g/mol. The number of fused-ring (bicyclic) bond motifs is 1. The van der Waals surface area contributed by atoms with E-state index >= 15 is 0 Å². The first-order valence-electron chi connectivity index (χ1n) is 7.30. The molecule has 0 fully saturated rings. The highest BCUT2D eigenvalue weighted by Crippen LogP contribution is 2.43. The summed E-state index contributed by atoms with van der Waals surface area (Å²) in [6.07, 6.45) is 0.916. The van der Waals surface area contributed by atoms with E-state index < -0.39 is 0 Å². The Labute approximate surface area is 125 Å². The molecule has 0 amide bonds. The van der Waals surface area contributed by atoms with Crippen molar-refractivity contribution in [2.75, 3.05) is 7.05 Å². The van der Waals surface area contributed by atoms with E-state index in [0.717, 1.165) is 30.2 Å². The fraction of sp³-hybridized carbons (Fsp3) is 0.333. The standard InChI is InChI=1S/C18H21NO2/c1-18(2)11-14-7-5-9-16(17(14)21-18)20-15-8-4-6-13(10-15)12-19-3/h4-10,19H,11-12H2,1-3H3. The van der Waals surface area contributed by atoms with Crippen LogP contribution < -0.4 is 14.8 Å². The van der Waals surface area contributed by atoms with Crippen molar-refractivity contribution >= 4 is 0 Å². The Kier molecular flexibility index (Phi) is 3.60. The Balaban J connectivity index is 1.87. The van der Waals surface area contributed by atoms with Gasteiger partial charge < -0.3 is 14.8 Å². The Morgan fingerprint density at radius 3 is 2.81 bits per heavy atom. The normalized spacial score (nSPS) is 15.4. The Morgan fingerprint density at radius 1 is 1.19 bits per heavy atom. The van der Waals surface area contributed by atoms with E-state index in [-0.39, 0.29) is 5.60 Å². The van der Waals surface area contributed by atoms with Crippen molar-refractivity contribution < 1.29 is 9.47 Å². The van der Waals surface area contributed by atoms with Crippen molar-refractivity contribution in [2.24, 2.45) is 0 Å². The highest BCUT2D eigenvalue weighted by molar-refractivity contribution is 5.51. The van der Waals surface area contributed by atoms with Gasteiger partial charge in [0.05, 0.1) is 0 Å². The molecule has 0 saturated heterocycles. The summed E-state index contributed by atoms with van der Waals surface area (Å²) in [5, 5.41) is 3.15. The van der Waals surface area contributed by atoms with Gasteiger partial charge in [0.25, 0.3) is 0 Å². The molecule has 0 aliphatic carbocycles. The topological polar surface area (TPSA) is 30.5 Å². The quantitative estimate of drug-likeness (QED) is 0.922. The lowest BCUT2D eigenvalue weighted by molar-refractivity contribution is 0.135. The van der Waals surface area contributed by atoms with Crippen LogP contribution >= 0.6 is 0 Å². The number of rotatable bonds is 4. The molecule has 0 spiro atoms. The molecule has 0 bridgehead atoms. The summed E-state index contributed by atoms with van der Waals surface area (Å²) in [4.78, 5) is 0. The molecule has 2 aromatic carbocycles. The number of hydrogen-bond acceptors (Lipinski definition) is 3. The maximum atomic E-state index is 6.05. The summed E-state index contributed by atoms with van der Waals surface area (Å²) in [5.41, 5.74) is 2.25. The summed E-state index contributed by atoms with van der Waals surface area (Å²) in [6, 6.07) is 14.2. The van der Waals surface area contributed by atoms with Crippen molar-refractivity contribution in [2.45, 2.75) is 32.4 Å². The van der Waals surface area contributed by atoms with Gasteiger partial charge in [-0.1, -0.05) is 24.3 Å².